The third-order valence-corrected chi connectivity index (χ3v) is 4.81. The quantitative estimate of drug-likeness (QED) is 0.735. The maximum absolute atomic E-state index is 12.2. The lowest BCUT2D eigenvalue weighted by atomic mass is 10.2. The number of anilines is 1. The van der Waals surface area contributed by atoms with Gasteiger partial charge in [0, 0.05) is 26.4 Å². The minimum Gasteiger partial charge on any atom is -0.396 e. The number of nitrogens with zero attached hydrogens (tertiary/aromatic N) is 2. The number of nitrogen functional groups attached to an aromatic ring is 1. The maximum Gasteiger partial charge on any atom is 0.244 e. The first-order valence-corrected chi connectivity index (χ1v) is 7.69. The Bertz CT molecular complexity index is 522. The topological polar surface area (TPSA) is 96.5 Å². The monoisotopic (exact) mass is 307 g/mol. The fraction of sp³-hybridized carbons (Fsp3) is 0.545. The number of rotatable bonds is 7. The molecule has 0 unspecified atom stereocenters. The number of hydrogen-bond donors (Lipinski definition) is 2. The molecule has 0 radical (unpaired) electrons. The zero-order chi connectivity index (χ0) is 14.5. The molecule has 0 saturated carbocycles. The Balaban J connectivity index is 2.76. The molecule has 8 heteroatoms. The normalized spacial score (nSPS) is 12.0. The lowest BCUT2D eigenvalue weighted by molar-refractivity contribution is 0.281. The molecule has 108 valence electrons. The summed E-state index contributed by atoms with van der Waals surface area (Å²) in [4.78, 5) is 3.77. The fourth-order valence-corrected chi connectivity index (χ4v) is 2.91. The summed E-state index contributed by atoms with van der Waals surface area (Å²) >= 11 is 5.77. The van der Waals surface area contributed by atoms with Crippen LogP contribution in [0.25, 0.3) is 0 Å². The van der Waals surface area contributed by atoms with E-state index < -0.39 is 10.0 Å². The number of pyridine rings is 1. The zero-order valence-corrected chi connectivity index (χ0v) is 12.3. The van der Waals surface area contributed by atoms with Crippen LogP contribution in [0.4, 0.5) is 5.82 Å². The molecule has 0 atom stereocenters. The van der Waals surface area contributed by atoms with E-state index in [2.05, 4.69) is 4.98 Å². The van der Waals surface area contributed by atoms with E-state index in [1.807, 2.05) is 0 Å². The van der Waals surface area contributed by atoms with Crippen molar-refractivity contribution in [2.45, 2.75) is 24.2 Å². The van der Waals surface area contributed by atoms with Crippen LogP contribution in [0.15, 0.2) is 17.2 Å². The van der Waals surface area contributed by atoms with Crippen molar-refractivity contribution in [1.82, 2.24) is 9.29 Å². The van der Waals surface area contributed by atoms with Gasteiger partial charge in [0.1, 0.15) is 10.7 Å². The molecule has 6 nitrogen and oxygen atoms in total. The summed E-state index contributed by atoms with van der Waals surface area (Å²) in [5, 5.41) is 8.78. The van der Waals surface area contributed by atoms with Crippen LogP contribution >= 0.6 is 11.6 Å². The molecule has 0 aliphatic heterocycles. The maximum atomic E-state index is 12.2. The van der Waals surface area contributed by atoms with Crippen LogP contribution in [-0.2, 0) is 10.0 Å². The Hall–Kier alpha value is -0.890. The summed E-state index contributed by atoms with van der Waals surface area (Å²) in [6.45, 7) is 0.498. The standard InChI is InChI=1S/C11H18ClN3O3S/c1-15(5-3-2-4-6-16)19(17,18)9-7-10(12)11(13)14-8-9/h7-8,16H,2-6H2,1H3,(H2,13,14). The number of aromatic nitrogens is 1. The van der Waals surface area contributed by atoms with Gasteiger partial charge in [-0.25, -0.2) is 17.7 Å². The molecule has 0 bridgehead atoms. The minimum absolute atomic E-state index is 0.0244. The Kier molecular flexibility index (Phi) is 5.99. The van der Waals surface area contributed by atoms with Gasteiger partial charge in [-0.2, -0.15) is 0 Å². The van der Waals surface area contributed by atoms with Crippen LogP contribution in [-0.4, -0.2) is 43.0 Å². The Morgan fingerprint density at radius 3 is 2.68 bits per heavy atom. The molecule has 19 heavy (non-hydrogen) atoms. The summed E-state index contributed by atoms with van der Waals surface area (Å²) in [5.41, 5.74) is 5.45. The Morgan fingerprint density at radius 1 is 1.42 bits per heavy atom. The molecule has 1 aromatic heterocycles. The summed E-state index contributed by atoms with van der Waals surface area (Å²) in [6.07, 6.45) is 3.33. The zero-order valence-electron chi connectivity index (χ0n) is 10.7. The molecule has 1 heterocycles. The number of hydrogen-bond acceptors (Lipinski definition) is 5. The van der Waals surface area contributed by atoms with Crippen molar-refractivity contribution in [2.24, 2.45) is 0 Å². The summed E-state index contributed by atoms with van der Waals surface area (Å²) in [5.74, 6) is 0.103. The van der Waals surface area contributed by atoms with Crippen LogP contribution in [0, 0.1) is 0 Å². The Labute approximate surface area is 118 Å². The molecule has 0 aromatic carbocycles. The number of aliphatic hydroxyl groups excluding tert-OH is 1. The average molecular weight is 308 g/mol. The van der Waals surface area contributed by atoms with Gasteiger partial charge in [0.2, 0.25) is 10.0 Å². The summed E-state index contributed by atoms with van der Waals surface area (Å²) in [6, 6.07) is 1.30. The van der Waals surface area contributed by atoms with E-state index in [0.717, 1.165) is 6.42 Å². The van der Waals surface area contributed by atoms with Gasteiger partial charge < -0.3 is 10.8 Å². The SMILES string of the molecule is CN(CCCCCO)S(=O)(=O)c1cnc(N)c(Cl)c1. The first-order valence-electron chi connectivity index (χ1n) is 5.88. The van der Waals surface area contributed by atoms with Gasteiger partial charge in [-0.05, 0) is 25.3 Å². The van der Waals surface area contributed by atoms with Crippen LogP contribution in [0.5, 0.6) is 0 Å². The predicted octanol–water partition coefficient (Wildman–Crippen LogP) is 1.10. The molecular weight excluding hydrogens is 290 g/mol. The van der Waals surface area contributed by atoms with Gasteiger partial charge in [-0.15, -0.1) is 0 Å². The number of aliphatic hydroxyl groups is 1. The van der Waals surface area contributed by atoms with E-state index in [-0.39, 0.29) is 22.3 Å². The number of nitrogens with two attached hydrogens (primary N) is 1. The first kappa shape index (κ1) is 16.2. The highest BCUT2D eigenvalue weighted by Gasteiger charge is 2.21. The number of halogens is 1. The van der Waals surface area contributed by atoms with E-state index in [1.165, 1.54) is 23.6 Å². The Morgan fingerprint density at radius 2 is 2.11 bits per heavy atom. The van der Waals surface area contributed by atoms with Crippen molar-refractivity contribution in [3.63, 3.8) is 0 Å². The van der Waals surface area contributed by atoms with Gasteiger partial charge in [0.05, 0.1) is 5.02 Å². The number of unbranched alkanes of at least 4 members (excludes halogenated alkanes) is 2. The molecule has 0 amide bonds. The minimum atomic E-state index is -3.60. The molecule has 0 fully saturated rings. The number of sulfonamides is 1. The largest absolute Gasteiger partial charge is 0.396 e. The van der Waals surface area contributed by atoms with Crippen molar-refractivity contribution in [3.05, 3.63) is 17.3 Å². The third-order valence-electron chi connectivity index (χ3n) is 2.68. The van der Waals surface area contributed by atoms with Crippen molar-refractivity contribution < 1.29 is 13.5 Å². The summed E-state index contributed by atoms with van der Waals surface area (Å²) < 4.78 is 25.6. The fourth-order valence-electron chi connectivity index (χ4n) is 1.50. The van der Waals surface area contributed by atoms with Crippen molar-refractivity contribution in [1.29, 1.82) is 0 Å². The van der Waals surface area contributed by atoms with Crippen molar-refractivity contribution >= 4 is 27.4 Å². The third kappa shape index (κ3) is 4.31. The molecule has 0 aliphatic rings. The van der Waals surface area contributed by atoms with Gasteiger partial charge in [0.15, 0.2) is 0 Å². The lowest BCUT2D eigenvalue weighted by Gasteiger charge is -2.17. The van der Waals surface area contributed by atoms with Crippen molar-refractivity contribution in [3.8, 4) is 0 Å². The van der Waals surface area contributed by atoms with Crippen LogP contribution in [0.3, 0.4) is 0 Å². The van der Waals surface area contributed by atoms with Crippen LogP contribution < -0.4 is 5.73 Å². The second-order valence-electron chi connectivity index (χ2n) is 4.15. The van der Waals surface area contributed by atoms with Gasteiger partial charge in [-0.3, -0.25) is 0 Å². The van der Waals surface area contributed by atoms with E-state index in [0.29, 0.717) is 19.4 Å². The van der Waals surface area contributed by atoms with E-state index in [9.17, 15) is 8.42 Å². The van der Waals surface area contributed by atoms with E-state index >= 15 is 0 Å². The summed E-state index contributed by atoms with van der Waals surface area (Å²) in [7, 11) is -2.10. The highest BCUT2D eigenvalue weighted by Crippen LogP contribution is 2.22. The average Bonchev–Trinajstić information content (AvgIpc) is 2.37. The molecule has 3 N–H and O–H groups in total. The predicted molar refractivity (Wildman–Crippen MR) is 74.4 cm³/mol. The molecule has 0 spiro atoms. The van der Waals surface area contributed by atoms with E-state index in [1.54, 1.807) is 0 Å². The van der Waals surface area contributed by atoms with Crippen LogP contribution in [0.1, 0.15) is 19.3 Å². The molecule has 0 aliphatic carbocycles. The molecule has 1 aromatic rings. The molecular formula is C11H18ClN3O3S. The second-order valence-corrected chi connectivity index (χ2v) is 6.60. The highest BCUT2D eigenvalue weighted by atomic mass is 35.5. The second kappa shape index (κ2) is 7.04. The first-order chi connectivity index (χ1) is 8.89. The molecule has 0 saturated heterocycles. The van der Waals surface area contributed by atoms with Gasteiger partial charge >= 0.3 is 0 Å². The lowest BCUT2D eigenvalue weighted by Crippen LogP contribution is -2.28. The van der Waals surface area contributed by atoms with E-state index in [4.69, 9.17) is 22.4 Å². The highest BCUT2D eigenvalue weighted by molar-refractivity contribution is 7.89. The smallest absolute Gasteiger partial charge is 0.244 e. The van der Waals surface area contributed by atoms with Crippen molar-refractivity contribution in [2.75, 3.05) is 25.9 Å². The molecule has 1 rings (SSSR count). The van der Waals surface area contributed by atoms with Gasteiger partial charge in [-0.1, -0.05) is 11.6 Å². The van der Waals surface area contributed by atoms with Crippen LogP contribution in [0.2, 0.25) is 5.02 Å². The van der Waals surface area contributed by atoms with Gasteiger partial charge in [0.25, 0.3) is 0 Å².